The zero-order valence-electron chi connectivity index (χ0n) is 27.1. The summed E-state index contributed by atoms with van der Waals surface area (Å²) >= 11 is 0. The van der Waals surface area contributed by atoms with E-state index in [0.717, 1.165) is 33.7 Å². The molecule has 0 saturated carbocycles. The Morgan fingerprint density at radius 2 is 1.45 bits per heavy atom. The lowest BCUT2D eigenvalue weighted by Crippen LogP contribution is -2.38. The van der Waals surface area contributed by atoms with E-state index in [1.54, 1.807) is 6.07 Å². The van der Waals surface area contributed by atoms with Crippen LogP contribution in [0.5, 0.6) is 23.0 Å². The van der Waals surface area contributed by atoms with E-state index >= 15 is 4.57 Å². The lowest BCUT2D eigenvalue weighted by atomic mass is 9.84. The van der Waals surface area contributed by atoms with Crippen LogP contribution in [-0.4, -0.2) is 19.9 Å². The van der Waals surface area contributed by atoms with Crippen molar-refractivity contribution in [3.63, 3.8) is 0 Å². The molecule has 0 radical (unpaired) electrons. The summed E-state index contributed by atoms with van der Waals surface area (Å²) in [6.45, 7) is 7.54. The summed E-state index contributed by atoms with van der Waals surface area (Å²) in [5.74, 6) is 7.23. The Labute approximate surface area is 287 Å². The van der Waals surface area contributed by atoms with Crippen molar-refractivity contribution in [2.24, 2.45) is 0 Å². The Morgan fingerprint density at radius 3 is 2.18 bits per heavy atom. The van der Waals surface area contributed by atoms with Crippen molar-refractivity contribution >= 4 is 18.4 Å². The van der Waals surface area contributed by atoms with Gasteiger partial charge in [0.25, 0.3) is 7.37 Å². The number of para-hydroxylation sites is 2. The van der Waals surface area contributed by atoms with E-state index < -0.39 is 12.5 Å². The van der Waals surface area contributed by atoms with Gasteiger partial charge in [-0.15, -0.1) is 12.8 Å². The number of hydrogen-bond donors (Lipinski definition) is 0. The lowest BCUT2D eigenvalue weighted by molar-refractivity contribution is 0.289. The minimum absolute atomic E-state index is 0.00393. The summed E-state index contributed by atoms with van der Waals surface area (Å²) < 4.78 is 41.0. The number of anilines is 1. The molecule has 2 heterocycles. The van der Waals surface area contributed by atoms with Gasteiger partial charge in [-0.25, -0.2) is 0 Å². The number of benzene rings is 5. The van der Waals surface area contributed by atoms with Crippen LogP contribution >= 0.6 is 7.37 Å². The first-order chi connectivity index (χ1) is 23.9. The van der Waals surface area contributed by atoms with Gasteiger partial charge in [-0.2, -0.15) is 0 Å². The molecule has 0 aromatic heterocycles. The van der Waals surface area contributed by atoms with Gasteiger partial charge in [-0.3, -0.25) is 4.57 Å². The molecule has 0 saturated heterocycles. The van der Waals surface area contributed by atoms with Crippen LogP contribution in [0.25, 0.3) is 11.1 Å². The fraction of sp³-hybridized carbons (Fsp3) is 0.143. The van der Waals surface area contributed by atoms with Crippen LogP contribution in [0, 0.1) is 24.7 Å². The standard InChI is InChI=1S/C42H34NO5P/c1-5-25-45-39-24-21-33(27-40(39)46-26-6-2)42(30(3)4,49(44)41-18-12-9-15-36(41)35-14-8-11-17-38(35)48-49)32-19-22-34(23-20-32)43-28-31-13-7-10-16-37(31)47-29-43/h1-2,7-24,27H,3,25-26,28-29H2,4H3. The number of fused-ring (bicyclic) bond motifs is 4. The van der Waals surface area contributed by atoms with Gasteiger partial charge in [-0.1, -0.05) is 96.8 Å². The van der Waals surface area contributed by atoms with Crippen molar-refractivity contribution < 1.29 is 23.3 Å². The largest absolute Gasteiger partial charge is 0.477 e. The molecule has 49 heavy (non-hydrogen) atoms. The number of hydrogen-bond acceptors (Lipinski definition) is 6. The Bertz CT molecular complexity index is 2190. The van der Waals surface area contributed by atoms with Crippen LogP contribution in [0.2, 0.25) is 0 Å². The molecular weight excluding hydrogens is 629 g/mol. The molecule has 0 amide bonds. The summed E-state index contributed by atoms with van der Waals surface area (Å²) in [5.41, 5.74) is 5.77. The first-order valence-electron chi connectivity index (χ1n) is 15.9. The number of allylic oxidation sites excluding steroid dienone is 1. The second-order valence-electron chi connectivity index (χ2n) is 11.9. The third kappa shape index (κ3) is 5.32. The fourth-order valence-corrected chi connectivity index (χ4v) is 10.2. The van der Waals surface area contributed by atoms with E-state index in [4.69, 9.17) is 31.6 Å². The highest BCUT2D eigenvalue weighted by atomic mass is 31.2. The van der Waals surface area contributed by atoms with Gasteiger partial charge in [0.2, 0.25) is 0 Å². The molecule has 0 aliphatic carbocycles. The lowest BCUT2D eigenvalue weighted by Gasteiger charge is -2.44. The highest BCUT2D eigenvalue weighted by molar-refractivity contribution is 7.69. The molecule has 7 rings (SSSR count). The summed E-state index contributed by atoms with van der Waals surface area (Å²) in [5, 5.41) is -0.778. The van der Waals surface area contributed by atoms with Crippen LogP contribution in [-0.2, 0) is 16.3 Å². The second-order valence-corrected chi connectivity index (χ2v) is 14.4. The van der Waals surface area contributed by atoms with Crippen LogP contribution in [0.1, 0.15) is 23.6 Å². The van der Waals surface area contributed by atoms with Crippen molar-refractivity contribution in [2.45, 2.75) is 18.6 Å². The fourth-order valence-electron chi connectivity index (χ4n) is 6.87. The minimum atomic E-state index is -3.96. The highest BCUT2D eigenvalue weighted by Crippen LogP contribution is 2.71. The topological polar surface area (TPSA) is 57.2 Å². The van der Waals surface area contributed by atoms with E-state index in [0.29, 0.717) is 47.0 Å². The Morgan fingerprint density at radius 1 is 0.816 bits per heavy atom. The third-order valence-electron chi connectivity index (χ3n) is 9.03. The normalized spacial score (nSPS) is 16.9. The van der Waals surface area contributed by atoms with Crippen molar-refractivity contribution in [1.82, 2.24) is 0 Å². The maximum Gasteiger partial charge on any atom is 0.296 e. The molecule has 242 valence electrons. The monoisotopic (exact) mass is 663 g/mol. The van der Waals surface area contributed by atoms with E-state index in [1.807, 2.05) is 110 Å². The van der Waals surface area contributed by atoms with Crippen LogP contribution < -0.4 is 28.9 Å². The molecule has 0 N–H and O–H groups in total. The Hall–Kier alpha value is -5.81. The van der Waals surface area contributed by atoms with Gasteiger partial charge >= 0.3 is 0 Å². The molecule has 2 aliphatic rings. The zero-order valence-corrected chi connectivity index (χ0v) is 28.0. The van der Waals surface area contributed by atoms with Gasteiger partial charge in [0.05, 0.1) is 5.30 Å². The number of nitrogens with zero attached hydrogens (tertiary/aromatic N) is 1. The summed E-state index contributed by atoms with van der Waals surface area (Å²) in [7, 11) is -3.96. The van der Waals surface area contributed by atoms with Gasteiger partial charge in [-0.05, 0) is 66.1 Å². The average Bonchev–Trinajstić information content (AvgIpc) is 3.14. The first-order valence-corrected chi connectivity index (χ1v) is 17.5. The molecule has 2 atom stereocenters. The molecule has 0 spiro atoms. The molecule has 2 unspecified atom stereocenters. The van der Waals surface area contributed by atoms with E-state index in [-0.39, 0.29) is 13.2 Å². The van der Waals surface area contributed by atoms with Gasteiger partial charge in [0, 0.05) is 23.4 Å². The van der Waals surface area contributed by atoms with E-state index in [9.17, 15) is 0 Å². The van der Waals surface area contributed by atoms with Crippen LogP contribution in [0.4, 0.5) is 5.69 Å². The third-order valence-corrected chi connectivity index (χ3v) is 12.3. The summed E-state index contributed by atoms with van der Waals surface area (Å²) in [4.78, 5) is 2.16. The Balaban J connectivity index is 1.44. The molecule has 7 heteroatoms. The van der Waals surface area contributed by atoms with Crippen molar-refractivity contribution in [3.8, 4) is 58.8 Å². The van der Waals surface area contributed by atoms with E-state index in [1.165, 1.54) is 0 Å². The average molecular weight is 664 g/mol. The van der Waals surface area contributed by atoms with Crippen LogP contribution in [0.15, 0.2) is 127 Å². The quantitative estimate of drug-likeness (QED) is 0.0895. The second kappa shape index (κ2) is 13.0. The van der Waals surface area contributed by atoms with Crippen molar-refractivity contribution in [3.05, 3.63) is 144 Å². The van der Waals surface area contributed by atoms with Crippen molar-refractivity contribution in [1.29, 1.82) is 0 Å². The predicted molar refractivity (Wildman–Crippen MR) is 195 cm³/mol. The first kappa shape index (κ1) is 31.8. The number of terminal acetylenes is 2. The smallest absolute Gasteiger partial charge is 0.296 e. The molecule has 2 aliphatic heterocycles. The summed E-state index contributed by atoms with van der Waals surface area (Å²) in [6, 6.07) is 36.9. The SMILES string of the molecule is C#CCOc1ccc(C(C(=C)C)(c2ccc(N3COc4ccccc4C3)cc2)P2(=O)Oc3ccccc3-c3ccccc32)cc1OCC#C. The zero-order chi connectivity index (χ0) is 34.0. The molecule has 0 fully saturated rings. The summed E-state index contributed by atoms with van der Waals surface area (Å²) in [6.07, 6.45) is 11.1. The van der Waals surface area contributed by atoms with E-state index in [2.05, 4.69) is 29.4 Å². The molecule has 5 aromatic rings. The molecular formula is C42H34NO5P. The van der Waals surface area contributed by atoms with Crippen molar-refractivity contribution in [2.75, 3.05) is 24.8 Å². The minimum Gasteiger partial charge on any atom is -0.477 e. The maximum absolute atomic E-state index is 16.3. The predicted octanol–water partition coefficient (Wildman–Crippen LogP) is 8.55. The maximum atomic E-state index is 16.3. The Kier molecular flexibility index (Phi) is 8.43. The molecule has 6 nitrogen and oxygen atoms in total. The molecule has 5 aromatic carbocycles. The van der Waals surface area contributed by atoms with Gasteiger partial charge in [0.1, 0.15) is 29.9 Å². The van der Waals surface area contributed by atoms with Crippen LogP contribution in [0.3, 0.4) is 0 Å². The number of rotatable bonds is 9. The van der Waals surface area contributed by atoms with Gasteiger partial charge < -0.3 is 23.6 Å². The number of ether oxygens (including phenoxy) is 3. The van der Waals surface area contributed by atoms with Gasteiger partial charge in [0.15, 0.2) is 18.2 Å². The highest BCUT2D eigenvalue weighted by Gasteiger charge is 2.57. The molecule has 0 bridgehead atoms.